The molecule has 0 aromatic rings. The van der Waals surface area contributed by atoms with E-state index in [4.69, 9.17) is 10.5 Å². The zero-order valence-electron chi connectivity index (χ0n) is 20.8. The maximum Gasteiger partial charge on any atom is 0.404 e. The van der Waals surface area contributed by atoms with E-state index in [1.54, 1.807) is 6.92 Å². The van der Waals surface area contributed by atoms with Crippen LogP contribution >= 0.6 is 11.8 Å². The molecule has 200 valence electrons. The van der Waals surface area contributed by atoms with Gasteiger partial charge in [-0.05, 0) is 13.3 Å². The third-order valence-electron chi connectivity index (χ3n) is 7.99. The highest BCUT2D eigenvalue weighted by molar-refractivity contribution is 8.03. The Labute approximate surface area is 214 Å². The summed E-state index contributed by atoms with van der Waals surface area (Å²) in [6, 6.07) is -0.737. The SMILES string of the molecule is C[C@@H](O)[C@H]1C(=O)N2C(C(=O)[O-])=C(S[C@@H]3CN[C@H](C(=O)N4CC[N+](C)(CCOC(N)=O)CC4)C3)[C@H](C)[C@H]12. The summed E-state index contributed by atoms with van der Waals surface area (Å²) < 4.78 is 5.54. The first kappa shape index (κ1) is 26.7. The van der Waals surface area contributed by atoms with Gasteiger partial charge in [-0.2, -0.15) is 0 Å². The molecule has 0 aromatic carbocycles. The van der Waals surface area contributed by atoms with Crippen molar-refractivity contribution in [3.05, 3.63) is 10.6 Å². The van der Waals surface area contributed by atoms with E-state index >= 15 is 0 Å². The van der Waals surface area contributed by atoms with E-state index in [0.29, 0.717) is 42.0 Å². The van der Waals surface area contributed by atoms with Gasteiger partial charge in [0.25, 0.3) is 0 Å². The number of likely N-dealkylation sites (N-methyl/N-ethyl adjacent to an activating group) is 1. The molecule has 4 aliphatic rings. The van der Waals surface area contributed by atoms with E-state index in [1.165, 1.54) is 16.7 Å². The van der Waals surface area contributed by atoms with Crippen LogP contribution in [-0.2, 0) is 19.1 Å². The molecule has 3 saturated heterocycles. The fourth-order valence-electron chi connectivity index (χ4n) is 5.81. The van der Waals surface area contributed by atoms with E-state index < -0.39 is 24.1 Å². The monoisotopic (exact) mass is 525 g/mol. The van der Waals surface area contributed by atoms with Crippen LogP contribution in [0.5, 0.6) is 0 Å². The summed E-state index contributed by atoms with van der Waals surface area (Å²) >= 11 is 1.40. The number of nitrogens with one attached hydrogen (secondary N) is 1. The first-order chi connectivity index (χ1) is 16.9. The lowest BCUT2D eigenvalue weighted by Gasteiger charge is -2.47. The van der Waals surface area contributed by atoms with Gasteiger partial charge in [-0.15, -0.1) is 11.8 Å². The van der Waals surface area contributed by atoms with Gasteiger partial charge in [-0.3, -0.25) is 9.59 Å². The zero-order chi connectivity index (χ0) is 26.4. The Bertz CT molecular complexity index is 964. The number of primary amides is 1. The lowest BCUT2D eigenvalue weighted by molar-refractivity contribution is -0.913. The molecule has 13 heteroatoms. The average Bonchev–Trinajstić information content (AvgIpc) is 3.35. The number of β-lactam (4-membered cyclic amide) rings is 1. The number of hydrogen-bond donors (Lipinski definition) is 3. The molecule has 0 saturated carbocycles. The van der Waals surface area contributed by atoms with Crippen molar-refractivity contribution in [1.29, 1.82) is 0 Å². The van der Waals surface area contributed by atoms with E-state index in [-0.39, 0.29) is 47.4 Å². The number of aliphatic carboxylic acids is 1. The van der Waals surface area contributed by atoms with Crippen molar-refractivity contribution < 1.29 is 38.6 Å². The van der Waals surface area contributed by atoms with Crippen LogP contribution in [0.25, 0.3) is 0 Å². The van der Waals surface area contributed by atoms with Crippen LogP contribution in [0, 0.1) is 11.8 Å². The highest BCUT2D eigenvalue weighted by Gasteiger charge is 2.59. The summed E-state index contributed by atoms with van der Waals surface area (Å²) in [5.41, 5.74) is 4.93. The Hall–Kier alpha value is -2.35. The number of thioether (sulfide) groups is 1. The first-order valence-electron chi connectivity index (χ1n) is 12.3. The molecule has 0 spiro atoms. The van der Waals surface area contributed by atoms with Gasteiger partial charge in [0.2, 0.25) is 11.8 Å². The third kappa shape index (κ3) is 4.93. The van der Waals surface area contributed by atoms with Crippen LogP contribution in [0.4, 0.5) is 4.79 Å². The van der Waals surface area contributed by atoms with Crippen molar-refractivity contribution in [3.63, 3.8) is 0 Å². The fraction of sp³-hybridized carbons (Fsp3) is 0.739. The highest BCUT2D eigenvalue weighted by atomic mass is 32.2. The van der Waals surface area contributed by atoms with Crippen LogP contribution in [0.15, 0.2) is 10.6 Å². The van der Waals surface area contributed by atoms with Crippen molar-refractivity contribution in [2.24, 2.45) is 17.6 Å². The number of rotatable bonds is 8. The van der Waals surface area contributed by atoms with Crippen molar-refractivity contribution in [3.8, 4) is 0 Å². The Balaban J connectivity index is 1.33. The predicted octanol–water partition coefficient (Wildman–Crippen LogP) is -2.35. The number of aliphatic hydroxyl groups is 1. The number of carbonyl (C=O) groups is 4. The molecule has 6 atom stereocenters. The van der Waals surface area contributed by atoms with Crippen molar-refractivity contribution in [2.75, 3.05) is 52.9 Å². The second-order valence-corrected chi connectivity index (χ2v) is 11.8. The number of nitrogens with zero attached hydrogens (tertiary/aromatic N) is 3. The van der Waals surface area contributed by atoms with E-state index in [2.05, 4.69) is 12.4 Å². The van der Waals surface area contributed by atoms with Gasteiger partial charge in [-0.1, -0.05) is 6.92 Å². The van der Waals surface area contributed by atoms with Crippen LogP contribution in [0.2, 0.25) is 0 Å². The first-order valence-corrected chi connectivity index (χ1v) is 13.2. The minimum Gasteiger partial charge on any atom is -0.543 e. The quantitative estimate of drug-likeness (QED) is 0.232. The molecular weight excluding hydrogens is 490 g/mol. The molecule has 0 aromatic heterocycles. The number of carboxylic acid groups (broad SMARTS) is 1. The van der Waals surface area contributed by atoms with Gasteiger partial charge in [-0.25, -0.2) is 4.79 Å². The summed E-state index contributed by atoms with van der Waals surface area (Å²) in [5.74, 6) is -2.59. The third-order valence-corrected chi connectivity index (χ3v) is 9.50. The molecule has 0 radical (unpaired) electrons. The van der Waals surface area contributed by atoms with E-state index in [1.807, 2.05) is 11.8 Å². The Morgan fingerprint density at radius 3 is 2.58 bits per heavy atom. The smallest absolute Gasteiger partial charge is 0.404 e. The lowest BCUT2D eigenvalue weighted by atomic mass is 9.79. The largest absolute Gasteiger partial charge is 0.543 e. The summed E-state index contributed by atoms with van der Waals surface area (Å²) in [4.78, 5) is 52.1. The van der Waals surface area contributed by atoms with Gasteiger partial charge in [0.1, 0.15) is 13.2 Å². The van der Waals surface area contributed by atoms with Gasteiger partial charge >= 0.3 is 6.09 Å². The number of piperazine rings is 1. The van der Waals surface area contributed by atoms with Crippen LogP contribution in [-0.4, -0.2) is 120 Å². The standard InChI is InChI=1S/C23H35N5O7S/c1-12-17-16(13(2)29)21(31)27(17)18(22(32)33)19(12)36-14-10-15(25-11-14)20(30)26-4-6-28(3,7-5-26)8-9-35-23(24)34/h12-17,25,29H,4-11H2,1-3H3,(H2-,24,32,33,34)/t12-,13-,14+,15+,16-,17-/m1/s1. The average molecular weight is 526 g/mol. The maximum atomic E-state index is 13.2. The molecule has 4 aliphatic heterocycles. The summed E-state index contributed by atoms with van der Waals surface area (Å²) in [7, 11) is 2.06. The molecule has 36 heavy (non-hydrogen) atoms. The second kappa shape index (κ2) is 10.2. The molecule has 0 bridgehead atoms. The number of hydrogen-bond acceptors (Lipinski definition) is 9. The number of quaternary nitrogens is 1. The topological polar surface area (TPSA) is 165 Å². The Morgan fingerprint density at radius 2 is 2.00 bits per heavy atom. The zero-order valence-corrected chi connectivity index (χ0v) is 21.7. The minimum absolute atomic E-state index is 0.0265. The lowest BCUT2D eigenvalue weighted by Crippen LogP contribution is -2.64. The molecule has 3 amide bonds. The van der Waals surface area contributed by atoms with E-state index in [9.17, 15) is 29.4 Å². The number of ether oxygens (including phenoxy) is 1. The van der Waals surface area contributed by atoms with E-state index in [0.717, 1.165) is 13.1 Å². The number of fused-ring (bicyclic) bond motifs is 1. The molecular formula is C23H35N5O7S. The molecule has 4 rings (SSSR count). The highest BCUT2D eigenvalue weighted by Crippen LogP contribution is 2.51. The van der Waals surface area contributed by atoms with Crippen molar-refractivity contribution >= 4 is 35.6 Å². The van der Waals surface area contributed by atoms with Crippen LogP contribution < -0.4 is 16.2 Å². The summed E-state index contributed by atoms with van der Waals surface area (Å²) in [5, 5.41) is 25.2. The van der Waals surface area contributed by atoms with Gasteiger partial charge in [0.05, 0.1) is 69.0 Å². The summed E-state index contributed by atoms with van der Waals surface area (Å²) in [6.45, 7) is 7.52. The van der Waals surface area contributed by atoms with Gasteiger partial charge in [0, 0.05) is 22.6 Å². The van der Waals surface area contributed by atoms with Crippen LogP contribution in [0.3, 0.4) is 0 Å². The van der Waals surface area contributed by atoms with Gasteiger partial charge in [0.15, 0.2) is 0 Å². The maximum absolute atomic E-state index is 13.2. The molecule has 4 N–H and O–H groups in total. The van der Waals surface area contributed by atoms with Gasteiger partial charge < -0.3 is 45.1 Å². The van der Waals surface area contributed by atoms with Crippen LogP contribution in [0.1, 0.15) is 20.3 Å². The number of nitrogens with two attached hydrogens (primary N) is 1. The fourth-order valence-corrected chi connectivity index (χ4v) is 7.28. The molecule has 3 fully saturated rings. The summed E-state index contributed by atoms with van der Waals surface area (Å²) in [6.07, 6.45) is -1.10. The molecule has 12 nitrogen and oxygen atoms in total. The number of carbonyl (C=O) groups excluding carboxylic acids is 4. The van der Waals surface area contributed by atoms with Crippen molar-refractivity contribution in [1.82, 2.24) is 15.1 Å². The predicted molar refractivity (Wildman–Crippen MR) is 128 cm³/mol. The molecule has 0 unspecified atom stereocenters. The van der Waals surface area contributed by atoms with Crippen molar-refractivity contribution in [2.45, 2.75) is 43.7 Å². The Morgan fingerprint density at radius 1 is 1.33 bits per heavy atom. The number of amides is 3. The second-order valence-electron chi connectivity index (χ2n) is 10.5. The molecule has 0 aliphatic carbocycles. The Kier molecular flexibility index (Phi) is 7.56. The number of carboxylic acids is 1. The minimum atomic E-state index is -1.39. The molecule has 4 heterocycles. The normalized spacial score (nSPS) is 32.2. The number of aliphatic hydroxyl groups excluding tert-OH is 1.